The summed E-state index contributed by atoms with van der Waals surface area (Å²) in [5, 5.41) is 10.3. The Balaban J connectivity index is 1.57. The first-order chi connectivity index (χ1) is 11.2. The number of carbonyl (C=O) groups excluding carboxylic acids is 1. The number of piperidine rings is 1. The number of likely N-dealkylation sites (tertiary alicyclic amines) is 1. The van der Waals surface area contributed by atoms with E-state index < -0.39 is 6.10 Å². The van der Waals surface area contributed by atoms with E-state index in [1.165, 1.54) is 18.2 Å². The predicted molar refractivity (Wildman–Crippen MR) is 89.8 cm³/mol. The molecule has 1 N–H and O–H groups in total. The monoisotopic (exact) mass is 315 g/mol. The maximum absolute atomic E-state index is 11.7. The average molecular weight is 315 g/mol. The Morgan fingerprint density at radius 3 is 2.57 bits per heavy atom. The first kappa shape index (κ1) is 16.2. The molecule has 1 saturated carbocycles. The van der Waals surface area contributed by atoms with Crippen molar-refractivity contribution in [1.82, 2.24) is 4.90 Å². The lowest BCUT2D eigenvalue weighted by atomic mass is 9.98. The number of aliphatic hydroxyl groups is 1. The summed E-state index contributed by atoms with van der Waals surface area (Å²) in [5.74, 6) is -0.338. The van der Waals surface area contributed by atoms with Crippen LogP contribution in [-0.4, -0.2) is 48.3 Å². The van der Waals surface area contributed by atoms with Gasteiger partial charge in [-0.25, -0.2) is 0 Å². The van der Waals surface area contributed by atoms with Gasteiger partial charge in [0, 0.05) is 19.1 Å². The van der Waals surface area contributed by atoms with Crippen LogP contribution < -0.4 is 0 Å². The van der Waals surface area contributed by atoms with Gasteiger partial charge in [0.25, 0.3) is 0 Å². The fourth-order valence-corrected chi connectivity index (χ4v) is 3.82. The van der Waals surface area contributed by atoms with Crippen molar-refractivity contribution in [2.45, 2.75) is 37.8 Å². The van der Waals surface area contributed by atoms with Crippen LogP contribution in [0.1, 0.15) is 31.2 Å². The van der Waals surface area contributed by atoms with Crippen LogP contribution >= 0.6 is 0 Å². The SMILES string of the molecule is COC(=O)[C@@H]1C[C@@H](O)[C@@H](N2CCC(=Cc3ccccc3)CC2)C1. The largest absolute Gasteiger partial charge is 0.469 e. The molecule has 2 aliphatic rings. The van der Waals surface area contributed by atoms with Gasteiger partial charge < -0.3 is 9.84 Å². The number of benzene rings is 1. The molecule has 3 atom stereocenters. The summed E-state index contributed by atoms with van der Waals surface area (Å²) in [4.78, 5) is 14.0. The van der Waals surface area contributed by atoms with Crippen LogP contribution in [0.4, 0.5) is 0 Å². The highest BCUT2D eigenvalue weighted by molar-refractivity contribution is 5.72. The van der Waals surface area contributed by atoms with Crippen LogP contribution in [0.2, 0.25) is 0 Å². The minimum absolute atomic E-state index is 0.0948. The lowest BCUT2D eigenvalue weighted by molar-refractivity contribution is -0.145. The third kappa shape index (κ3) is 3.82. The number of nitrogens with zero attached hydrogens (tertiary/aromatic N) is 1. The van der Waals surface area contributed by atoms with Crippen LogP contribution in [-0.2, 0) is 9.53 Å². The molecule has 0 spiro atoms. The van der Waals surface area contributed by atoms with Crippen LogP contribution in [0, 0.1) is 5.92 Å². The lowest BCUT2D eigenvalue weighted by Crippen LogP contribution is -2.43. The van der Waals surface area contributed by atoms with Gasteiger partial charge in [-0.3, -0.25) is 9.69 Å². The summed E-state index contributed by atoms with van der Waals surface area (Å²) in [6, 6.07) is 10.5. The van der Waals surface area contributed by atoms with E-state index in [1.54, 1.807) is 0 Å². The maximum atomic E-state index is 11.7. The Morgan fingerprint density at radius 1 is 1.22 bits per heavy atom. The van der Waals surface area contributed by atoms with Crippen LogP contribution in [0.3, 0.4) is 0 Å². The number of methoxy groups -OCH3 is 1. The summed E-state index contributed by atoms with van der Waals surface area (Å²) >= 11 is 0. The van der Waals surface area contributed by atoms with Crippen molar-refractivity contribution in [3.8, 4) is 0 Å². The first-order valence-corrected chi connectivity index (χ1v) is 8.42. The van der Waals surface area contributed by atoms with Crippen LogP contribution in [0.25, 0.3) is 6.08 Å². The number of esters is 1. The topological polar surface area (TPSA) is 49.8 Å². The van der Waals surface area contributed by atoms with Crippen molar-refractivity contribution in [1.29, 1.82) is 0 Å². The van der Waals surface area contributed by atoms with Crippen molar-refractivity contribution in [2.75, 3.05) is 20.2 Å². The number of hydrogen-bond acceptors (Lipinski definition) is 4. The zero-order valence-corrected chi connectivity index (χ0v) is 13.6. The molecule has 0 radical (unpaired) electrons. The highest BCUT2D eigenvalue weighted by Crippen LogP contribution is 2.33. The second-order valence-electron chi connectivity index (χ2n) is 6.58. The third-order valence-corrected chi connectivity index (χ3v) is 5.11. The van der Waals surface area contributed by atoms with E-state index in [1.807, 2.05) is 6.07 Å². The van der Waals surface area contributed by atoms with Crippen molar-refractivity contribution in [3.63, 3.8) is 0 Å². The molecule has 1 aromatic rings. The summed E-state index contributed by atoms with van der Waals surface area (Å²) in [6.07, 6.45) is 5.16. The van der Waals surface area contributed by atoms with Gasteiger partial charge in [-0.1, -0.05) is 42.0 Å². The van der Waals surface area contributed by atoms with E-state index in [0.29, 0.717) is 12.8 Å². The van der Waals surface area contributed by atoms with E-state index in [-0.39, 0.29) is 17.9 Å². The van der Waals surface area contributed by atoms with E-state index >= 15 is 0 Å². The lowest BCUT2D eigenvalue weighted by Gasteiger charge is -2.35. The molecule has 4 nitrogen and oxygen atoms in total. The van der Waals surface area contributed by atoms with Gasteiger partial charge in [-0.05, 0) is 31.2 Å². The minimum Gasteiger partial charge on any atom is -0.469 e. The van der Waals surface area contributed by atoms with Gasteiger partial charge in [0.15, 0.2) is 0 Å². The number of ether oxygens (including phenoxy) is 1. The molecular weight excluding hydrogens is 290 g/mol. The summed E-state index contributed by atoms with van der Waals surface area (Å²) in [5.41, 5.74) is 2.71. The number of aliphatic hydroxyl groups excluding tert-OH is 1. The second-order valence-corrected chi connectivity index (χ2v) is 6.58. The van der Waals surface area contributed by atoms with Gasteiger partial charge in [-0.2, -0.15) is 0 Å². The summed E-state index contributed by atoms with van der Waals surface area (Å²) in [7, 11) is 1.42. The number of hydrogen-bond donors (Lipinski definition) is 1. The van der Waals surface area contributed by atoms with Crippen LogP contribution in [0.5, 0.6) is 0 Å². The van der Waals surface area contributed by atoms with E-state index in [9.17, 15) is 9.90 Å². The van der Waals surface area contributed by atoms with E-state index in [0.717, 1.165) is 25.9 Å². The molecule has 0 bridgehead atoms. The Hall–Kier alpha value is -1.65. The van der Waals surface area contributed by atoms with Gasteiger partial charge in [-0.15, -0.1) is 0 Å². The molecule has 4 heteroatoms. The average Bonchev–Trinajstić information content (AvgIpc) is 2.98. The number of carbonyl (C=O) groups is 1. The van der Waals surface area contributed by atoms with Crippen molar-refractivity contribution in [2.24, 2.45) is 5.92 Å². The number of rotatable bonds is 3. The molecule has 1 heterocycles. The van der Waals surface area contributed by atoms with Gasteiger partial charge in [0.1, 0.15) is 0 Å². The molecule has 1 aliphatic heterocycles. The standard InChI is InChI=1S/C19H25NO3/c1-23-19(22)16-12-17(18(21)13-16)20-9-7-15(8-10-20)11-14-5-3-2-4-6-14/h2-6,11,16-18,21H,7-10,12-13H2,1H3/t16-,17-,18+/m0/s1. The quantitative estimate of drug-likeness (QED) is 0.871. The zero-order valence-electron chi connectivity index (χ0n) is 13.6. The molecule has 0 amide bonds. The van der Waals surface area contributed by atoms with Crippen molar-refractivity contribution in [3.05, 3.63) is 41.5 Å². The fourth-order valence-electron chi connectivity index (χ4n) is 3.82. The summed E-state index contributed by atoms with van der Waals surface area (Å²) < 4.78 is 4.82. The minimum atomic E-state index is -0.418. The molecule has 124 valence electrons. The summed E-state index contributed by atoms with van der Waals surface area (Å²) in [6.45, 7) is 1.91. The smallest absolute Gasteiger partial charge is 0.308 e. The van der Waals surface area contributed by atoms with Gasteiger partial charge >= 0.3 is 5.97 Å². The van der Waals surface area contributed by atoms with Crippen LogP contribution in [0.15, 0.2) is 35.9 Å². The molecular formula is C19H25NO3. The Morgan fingerprint density at radius 2 is 1.91 bits per heavy atom. The zero-order chi connectivity index (χ0) is 16.2. The normalized spacial score (nSPS) is 28.6. The highest BCUT2D eigenvalue weighted by atomic mass is 16.5. The molecule has 0 aromatic heterocycles. The molecule has 23 heavy (non-hydrogen) atoms. The molecule has 2 fully saturated rings. The third-order valence-electron chi connectivity index (χ3n) is 5.11. The Labute approximate surface area is 137 Å². The first-order valence-electron chi connectivity index (χ1n) is 8.42. The van der Waals surface area contributed by atoms with E-state index in [4.69, 9.17) is 4.74 Å². The Bertz CT molecular complexity index is 559. The molecule has 1 aromatic carbocycles. The Kier molecular flexibility index (Phi) is 5.13. The predicted octanol–water partition coefficient (Wildman–Crippen LogP) is 2.48. The maximum Gasteiger partial charge on any atom is 0.308 e. The second kappa shape index (κ2) is 7.28. The molecule has 3 rings (SSSR count). The van der Waals surface area contributed by atoms with Gasteiger partial charge in [0.2, 0.25) is 0 Å². The molecule has 1 saturated heterocycles. The van der Waals surface area contributed by atoms with Crippen molar-refractivity contribution >= 4 is 12.0 Å². The highest BCUT2D eigenvalue weighted by Gasteiger charge is 2.40. The van der Waals surface area contributed by atoms with Gasteiger partial charge in [0.05, 0.1) is 19.1 Å². The van der Waals surface area contributed by atoms with Crippen molar-refractivity contribution < 1.29 is 14.6 Å². The molecule has 1 aliphatic carbocycles. The van der Waals surface area contributed by atoms with E-state index in [2.05, 4.69) is 35.2 Å². The fraction of sp³-hybridized carbons (Fsp3) is 0.526. The molecule has 0 unspecified atom stereocenters.